The zero-order chi connectivity index (χ0) is 19.4. The third kappa shape index (κ3) is 4.15. The zero-order valence-corrected chi connectivity index (χ0v) is 15.6. The van der Waals surface area contributed by atoms with Crippen LogP contribution in [0.2, 0.25) is 5.02 Å². The number of benzene rings is 1. The molecule has 0 spiro atoms. The summed E-state index contributed by atoms with van der Waals surface area (Å²) in [5.74, 6) is 0.378. The number of ether oxygens (including phenoxy) is 2. The van der Waals surface area contributed by atoms with Crippen molar-refractivity contribution in [2.24, 2.45) is 0 Å². The molecule has 0 unspecified atom stereocenters. The Morgan fingerprint density at radius 2 is 2.00 bits per heavy atom. The smallest absolute Gasteiger partial charge is 0.338 e. The Labute approximate surface area is 161 Å². The molecule has 1 aromatic carbocycles. The van der Waals surface area contributed by atoms with E-state index in [-0.39, 0.29) is 18.8 Å². The molecule has 2 heterocycles. The van der Waals surface area contributed by atoms with E-state index in [1.165, 1.54) is 7.11 Å². The molecule has 0 aliphatic carbocycles. The van der Waals surface area contributed by atoms with Crippen molar-refractivity contribution in [2.75, 3.05) is 20.3 Å². The minimum Gasteiger partial charge on any atom is -0.460 e. The minimum atomic E-state index is -0.773. The van der Waals surface area contributed by atoms with E-state index in [0.29, 0.717) is 22.2 Å². The number of nitrogens with one attached hydrogen (secondary N) is 2. The molecule has 0 bridgehead atoms. The molecular formula is C19H19ClN2O5. The van der Waals surface area contributed by atoms with Gasteiger partial charge in [0, 0.05) is 18.4 Å². The fourth-order valence-corrected chi connectivity index (χ4v) is 3.02. The first-order valence-electron chi connectivity index (χ1n) is 8.30. The Bertz CT molecular complexity index is 890. The molecule has 0 saturated heterocycles. The van der Waals surface area contributed by atoms with Gasteiger partial charge >= 0.3 is 12.0 Å². The van der Waals surface area contributed by atoms with E-state index >= 15 is 0 Å². The largest absolute Gasteiger partial charge is 0.460 e. The summed E-state index contributed by atoms with van der Waals surface area (Å²) in [6.07, 6.45) is 0. The lowest BCUT2D eigenvalue weighted by atomic mass is 10.0. The van der Waals surface area contributed by atoms with E-state index in [9.17, 15) is 9.59 Å². The van der Waals surface area contributed by atoms with Crippen LogP contribution >= 0.6 is 11.6 Å². The van der Waals surface area contributed by atoms with Gasteiger partial charge < -0.3 is 24.5 Å². The Morgan fingerprint density at radius 3 is 2.74 bits per heavy atom. The van der Waals surface area contributed by atoms with Crippen molar-refractivity contribution in [3.05, 3.63) is 58.5 Å². The van der Waals surface area contributed by atoms with E-state index in [1.54, 1.807) is 25.1 Å². The number of allylic oxidation sites excluding steroid dienone is 1. The van der Waals surface area contributed by atoms with Crippen molar-refractivity contribution in [2.45, 2.75) is 13.0 Å². The van der Waals surface area contributed by atoms with Gasteiger partial charge in [0.2, 0.25) is 0 Å². The number of esters is 1. The molecule has 8 heteroatoms. The summed E-state index contributed by atoms with van der Waals surface area (Å²) in [6, 6.07) is 9.49. The number of carbonyl (C=O) groups is 2. The highest BCUT2D eigenvalue weighted by atomic mass is 35.5. The average molecular weight is 391 g/mol. The van der Waals surface area contributed by atoms with Gasteiger partial charge in [-0.3, -0.25) is 0 Å². The van der Waals surface area contributed by atoms with Gasteiger partial charge in [0.25, 0.3) is 0 Å². The SMILES string of the molecule is COCCOC(=O)C1=C(C)NC(=O)N[C@H]1c1ccc(-c2ccccc2Cl)o1. The van der Waals surface area contributed by atoms with Crippen LogP contribution in [0.15, 0.2) is 52.1 Å². The summed E-state index contributed by atoms with van der Waals surface area (Å²) in [4.78, 5) is 24.4. The summed E-state index contributed by atoms with van der Waals surface area (Å²) < 4.78 is 16.0. The summed E-state index contributed by atoms with van der Waals surface area (Å²) in [7, 11) is 1.52. The molecule has 1 atom stereocenters. The fourth-order valence-electron chi connectivity index (χ4n) is 2.79. The Hall–Kier alpha value is -2.77. The number of hydrogen-bond acceptors (Lipinski definition) is 5. The first-order valence-corrected chi connectivity index (χ1v) is 8.68. The molecule has 27 heavy (non-hydrogen) atoms. The number of hydrogen-bond donors (Lipinski definition) is 2. The number of rotatable bonds is 6. The van der Waals surface area contributed by atoms with Gasteiger partial charge in [0.05, 0.1) is 17.2 Å². The molecular weight excluding hydrogens is 372 g/mol. The maximum Gasteiger partial charge on any atom is 0.338 e. The third-order valence-corrected chi connectivity index (χ3v) is 4.39. The monoisotopic (exact) mass is 390 g/mol. The lowest BCUT2D eigenvalue weighted by Crippen LogP contribution is -2.45. The maximum absolute atomic E-state index is 12.5. The van der Waals surface area contributed by atoms with Crippen LogP contribution in [-0.2, 0) is 14.3 Å². The molecule has 1 aromatic heterocycles. The number of carbonyl (C=O) groups excluding carboxylic acids is 2. The fraction of sp³-hybridized carbons (Fsp3) is 0.263. The van der Waals surface area contributed by atoms with Gasteiger partial charge in [-0.1, -0.05) is 23.7 Å². The maximum atomic E-state index is 12.5. The number of urea groups is 1. The van der Waals surface area contributed by atoms with Gasteiger partial charge in [-0.2, -0.15) is 0 Å². The molecule has 0 saturated carbocycles. The van der Waals surface area contributed by atoms with Crippen LogP contribution < -0.4 is 10.6 Å². The lowest BCUT2D eigenvalue weighted by molar-refractivity contribution is -0.140. The molecule has 142 valence electrons. The highest BCUT2D eigenvalue weighted by Crippen LogP contribution is 2.34. The second-order valence-corrected chi connectivity index (χ2v) is 6.29. The third-order valence-electron chi connectivity index (χ3n) is 4.06. The molecule has 2 N–H and O–H groups in total. The number of halogens is 1. The standard InChI is InChI=1S/C19H19ClN2O5/c1-11-16(18(23)26-10-9-25-2)17(22-19(24)21-11)15-8-7-14(27-15)12-5-3-4-6-13(12)20/h3-8,17H,9-10H2,1-2H3,(H2,21,22,24)/t17-/m0/s1. The summed E-state index contributed by atoms with van der Waals surface area (Å²) in [5.41, 5.74) is 1.39. The van der Waals surface area contributed by atoms with Gasteiger partial charge in [-0.05, 0) is 31.2 Å². The number of amides is 2. The number of methoxy groups -OCH3 is 1. The van der Waals surface area contributed by atoms with E-state index in [0.717, 1.165) is 5.56 Å². The van der Waals surface area contributed by atoms with E-state index in [1.807, 2.05) is 18.2 Å². The molecule has 2 amide bonds. The molecule has 0 radical (unpaired) electrons. The van der Waals surface area contributed by atoms with Crippen molar-refractivity contribution in [3.8, 4) is 11.3 Å². The predicted octanol–water partition coefficient (Wildman–Crippen LogP) is 3.42. The highest BCUT2D eigenvalue weighted by molar-refractivity contribution is 6.33. The Kier molecular flexibility index (Phi) is 5.83. The summed E-state index contributed by atoms with van der Waals surface area (Å²) in [5, 5.41) is 5.82. The average Bonchev–Trinajstić information content (AvgIpc) is 3.11. The summed E-state index contributed by atoms with van der Waals surface area (Å²) in [6.45, 7) is 2.02. The molecule has 2 aromatic rings. The zero-order valence-electron chi connectivity index (χ0n) is 14.9. The van der Waals surface area contributed by atoms with Gasteiger partial charge in [0.1, 0.15) is 24.2 Å². The van der Waals surface area contributed by atoms with Gasteiger partial charge in [0.15, 0.2) is 0 Å². The predicted molar refractivity (Wildman–Crippen MR) is 99.1 cm³/mol. The van der Waals surface area contributed by atoms with Crippen molar-refractivity contribution in [3.63, 3.8) is 0 Å². The van der Waals surface area contributed by atoms with E-state index in [4.69, 9.17) is 25.5 Å². The second kappa shape index (κ2) is 8.28. The van der Waals surface area contributed by atoms with Crippen molar-refractivity contribution in [1.82, 2.24) is 10.6 Å². The van der Waals surface area contributed by atoms with Crippen LogP contribution in [0.1, 0.15) is 18.7 Å². The highest BCUT2D eigenvalue weighted by Gasteiger charge is 2.34. The van der Waals surface area contributed by atoms with Gasteiger partial charge in [-0.25, -0.2) is 9.59 Å². The lowest BCUT2D eigenvalue weighted by Gasteiger charge is -2.26. The minimum absolute atomic E-state index is 0.107. The normalized spacial score (nSPS) is 16.7. The van der Waals surface area contributed by atoms with Crippen LogP contribution in [-0.4, -0.2) is 32.3 Å². The molecule has 0 fully saturated rings. The van der Waals surface area contributed by atoms with Crippen LogP contribution in [0, 0.1) is 0 Å². The quantitative estimate of drug-likeness (QED) is 0.582. The van der Waals surface area contributed by atoms with Crippen LogP contribution in [0.4, 0.5) is 4.79 Å². The Balaban J connectivity index is 1.91. The first kappa shape index (κ1) is 19.0. The topological polar surface area (TPSA) is 89.8 Å². The molecule has 3 rings (SSSR count). The van der Waals surface area contributed by atoms with Crippen LogP contribution in [0.25, 0.3) is 11.3 Å². The molecule has 1 aliphatic rings. The number of furan rings is 1. The van der Waals surface area contributed by atoms with Crippen molar-refractivity contribution >= 4 is 23.6 Å². The van der Waals surface area contributed by atoms with Crippen molar-refractivity contribution in [1.29, 1.82) is 0 Å². The summed E-state index contributed by atoms with van der Waals surface area (Å²) >= 11 is 6.22. The van der Waals surface area contributed by atoms with Gasteiger partial charge in [-0.15, -0.1) is 0 Å². The molecule has 7 nitrogen and oxygen atoms in total. The second-order valence-electron chi connectivity index (χ2n) is 5.88. The Morgan fingerprint density at radius 1 is 1.22 bits per heavy atom. The van der Waals surface area contributed by atoms with E-state index < -0.39 is 18.0 Å². The molecule has 1 aliphatic heterocycles. The first-order chi connectivity index (χ1) is 13.0. The van der Waals surface area contributed by atoms with Crippen LogP contribution in [0.5, 0.6) is 0 Å². The van der Waals surface area contributed by atoms with Crippen LogP contribution in [0.3, 0.4) is 0 Å². The van der Waals surface area contributed by atoms with Crippen molar-refractivity contribution < 1.29 is 23.5 Å². The van der Waals surface area contributed by atoms with E-state index in [2.05, 4.69) is 10.6 Å².